The molecule has 0 spiro atoms. The Morgan fingerprint density at radius 1 is 1.47 bits per heavy atom. The van der Waals surface area contributed by atoms with Crippen LogP contribution in [-0.2, 0) is 6.42 Å². The van der Waals surface area contributed by atoms with E-state index in [9.17, 15) is 0 Å². The molecule has 3 aromatic rings. The minimum atomic E-state index is 0.284. The highest BCUT2D eigenvalue weighted by atomic mass is 32.1. The number of thiazole rings is 1. The Morgan fingerprint density at radius 2 is 2.37 bits per heavy atom. The monoisotopic (exact) mass is 272 g/mol. The zero-order valence-electron chi connectivity index (χ0n) is 9.91. The van der Waals surface area contributed by atoms with Crippen molar-refractivity contribution in [2.45, 2.75) is 13.3 Å². The van der Waals surface area contributed by atoms with E-state index in [4.69, 9.17) is 9.78 Å². The van der Waals surface area contributed by atoms with Crippen LogP contribution in [0.4, 0.5) is 0 Å². The number of aromatic amines is 1. The first-order chi connectivity index (χ1) is 9.26. The van der Waals surface area contributed by atoms with Gasteiger partial charge in [0.25, 0.3) is 5.89 Å². The Balaban J connectivity index is 1.86. The van der Waals surface area contributed by atoms with Gasteiger partial charge in [-0.3, -0.25) is 5.10 Å². The highest BCUT2D eigenvalue weighted by Gasteiger charge is 2.15. The lowest BCUT2D eigenvalue weighted by Gasteiger charge is -1.88. The Labute approximate surface area is 111 Å². The largest absolute Gasteiger partial charge is 0.334 e. The second-order valence-electron chi connectivity index (χ2n) is 3.82. The third kappa shape index (κ3) is 2.23. The molecule has 0 fully saturated rings. The van der Waals surface area contributed by atoms with Gasteiger partial charge < -0.3 is 4.52 Å². The van der Waals surface area contributed by atoms with Crippen molar-refractivity contribution in [3.8, 4) is 17.5 Å². The average Bonchev–Trinajstić information content (AvgIpc) is 3.10. The summed E-state index contributed by atoms with van der Waals surface area (Å²) in [6.45, 7) is 1.94. The van der Waals surface area contributed by atoms with Gasteiger partial charge in [-0.25, -0.2) is 4.98 Å². The topological polar surface area (TPSA) is 104 Å². The van der Waals surface area contributed by atoms with Crippen LogP contribution in [0.15, 0.2) is 16.1 Å². The van der Waals surface area contributed by atoms with Crippen LogP contribution in [0.2, 0.25) is 0 Å². The van der Waals surface area contributed by atoms with Crippen LogP contribution in [-0.4, -0.2) is 25.3 Å². The van der Waals surface area contributed by atoms with Crippen molar-refractivity contribution < 1.29 is 4.52 Å². The summed E-state index contributed by atoms with van der Waals surface area (Å²) in [5.41, 5.74) is 1.72. The number of hydrogen-bond acceptors (Lipinski definition) is 7. The van der Waals surface area contributed by atoms with E-state index in [2.05, 4.69) is 25.3 Å². The Bertz CT molecular complexity index is 749. The molecule has 3 heterocycles. The second-order valence-corrected chi connectivity index (χ2v) is 4.88. The van der Waals surface area contributed by atoms with E-state index in [0.717, 1.165) is 10.7 Å². The summed E-state index contributed by atoms with van der Waals surface area (Å²) < 4.78 is 5.13. The minimum absolute atomic E-state index is 0.284. The second kappa shape index (κ2) is 4.62. The van der Waals surface area contributed by atoms with Crippen LogP contribution in [0, 0.1) is 18.3 Å². The highest BCUT2D eigenvalue weighted by molar-refractivity contribution is 7.09. The van der Waals surface area contributed by atoms with Crippen molar-refractivity contribution in [3.05, 3.63) is 33.8 Å². The van der Waals surface area contributed by atoms with E-state index in [0.29, 0.717) is 23.5 Å². The maximum Gasteiger partial charge on any atom is 0.262 e. The van der Waals surface area contributed by atoms with Crippen LogP contribution in [0.3, 0.4) is 0 Å². The third-order valence-electron chi connectivity index (χ3n) is 2.46. The van der Waals surface area contributed by atoms with Crippen molar-refractivity contribution >= 4 is 11.3 Å². The zero-order valence-corrected chi connectivity index (χ0v) is 10.7. The lowest BCUT2D eigenvalue weighted by atomic mass is 10.2. The van der Waals surface area contributed by atoms with E-state index < -0.39 is 0 Å². The molecule has 0 amide bonds. The molecule has 3 rings (SSSR count). The Kier molecular flexibility index (Phi) is 2.81. The number of nitrogens with zero attached hydrogens (tertiary/aromatic N) is 5. The van der Waals surface area contributed by atoms with E-state index in [1.807, 2.05) is 18.4 Å². The fraction of sp³-hybridized carbons (Fsp3) is 0.182. The standard InChI is InChI=1S/C11H8N6OS/c1-6-14-7(5-19-6)2-10-15-11(18-17-10)8-4-13-16-9(8)3-12/h4-5H,2H2,1H3,(H,13,16). The Morgan fingerprint density at radius 3 is 3.11 bits per heavy atom. The molecule has 94 valence electrons. The van der Waals surface area contributed by atoms with E-state index in [-0.39, 0.29) is 5.89 Å². The van der Waals surface area contributed by atoms with E-state index in [1.54, 1.807) is 11.3 Å². The molecule has 1 N–H and O–H groups in total. The SMILES string of the molecule is Cc1nc(Cc2noc(-c3cn[nH]c3C#N)n2)cs1. The lowest BCUT2D eigenvalue weighted by Crippen LogP contribution is -1.91. The van der Waals surface area contributed by atoms with E-state index in [1.165, 1.54) is 6.20 Å². The number of hydrogen-bond donors (Lipinski definition) is 1. The van der Waals surface area contributed by atoms with Gasteiger partial charge in [-0.2, -0.15) is 15.3 Å². The maximum atomic E-state index is 8.89. The molecule has 0 aromatic carbocycles. The molecule has 0 unspecified atom stereocenters. The van der Waals surface area contributed by atoms with Gasteiger partial charge in [-0.05, 0) is 6.92 Å². The number of aromatic nitrogens is 5. The molecule has 0 radical (unpaired) electrons. The molecular formula is C11H8N6OS. The molecule has 7 nitrogen and oxygen atoms in total. The molecule has 8 heteroatoms. The number of aryl methyl sites for hydroxylation is 1. The number of rotatable bonds is 3. The van der Waals surface area contributed by atoms with Crippen LogP contribution >= 0.6 is 11.3 Å². The minimum Gasteiger partial charge on any atom is -0.334 e. The van der Waals surface area contributed by atoms with Gasteiger partial charge >= 0.3 is 0 Å². The van der Waals surface area contributed by atoms with Crippen LogP contribution in [0.5, 0.6) is 0 Å². The summed E-state index contributed by atoms with van der Waals surface area (Å²) in [6.07, 6.45) is 2.00. The van der Waals surface area contributed by atoms with Crippen molar-refractivity contribution in [1.82, 2.24) is 25.3 Å². The molecule has 3 aromatic heterocycles. The number of nitriles is 1. The lowest BCUT2D eigenvalue weighted by molar-refractivity contribution is 0.423. The maximum absolute atomic E-state index is 8.89. The summed E-state index contributed by atoms with van der Waals surface area (Å²) in [5, 5.41) is 22.1. The average molecular weight is 272 g/mol. The predicted molar refractivity (Wildman–Crippen MR) is 66.3 cm³/mol. The first-order valence-corrected chi connectivity index (χ1v) is 6.31. The van der Waals surface area contributed by atoms with Gasteiger partial charge in [0.1, 0.15) is 11.8 Å². The van der Waals surface area contributed by atoms with Gasteiger partial charge in [0.05, 0.1) is 28.9 Å². The quantitative estimate of drug-likeness (QED) is 0.777. The summed E-state index contributed by atoms with van der Waals surface area (Å²) >= 11 is 1.58. The van der Waals surface area contributed by atoms with Gasteiger partial charge in [0.2, 0.25) is 0 Å². The summed E-state index contributed by atoms with van der Waals surface area (Å²) in [5.74, 6) is 0.817. The van der Waals surface area contributed by atoms with Crippen molar-refractivity contribution in [2.75, 3.05) is 0 Å². The summed E-state index contributed by atoms with van der Waals surface area (Å²) in [4.78, 5) is 8.58. The van der Waals surface area contributed by atoms with Crippen LogP contribution in [0.1, 0.15) is 22.2 Å². The number of H-pyrrole nitrogens is 1. The number of nitrogens with one attached hydrogen (secondary N) is 1. The molecule has 0 bridgehead atoms. The summed E-state index contributed by atoms with van der Waals surface area (Å²) in [7, 11) is 0. The third-order valence-corrected chi connectivity index (χ3v) is 3.28. The zero-order chi connectivity index (χ0) is 13.2. The van der Waals surface area contributed by atoms with E-state index >= 15 is 0 Å². The van der Waals surface area contributed by atoms with Gasteiger partial charge in [-0.1, -0.05) is 5.16 Å². The van der Waals surface area contributed by atoms with Crippen molar-refractivity contribution in [3.63, 3.8) is 0 Å². The molecule has 0 saturated heterocycles. The fourth-order valence-electron chi connectivity index (χ4n) is 1.62. The molecule has 0 atom stereocenters. The molecule has 19 heavy (non-hydrogen) atoms. The fourth-order valence-corrected chi connectivity index (χ4v) is 2.23. The molecular weight excluding hydrogens is 264 g/mol. The van der Waals surface area contributed by atoms with Gasteiger partial charge in [0.15, 0.2) is 5.82 Å². The Hall–Kier alpha value is -2.53. The van der Waals surface area contributed by atoms with Crippen LogP contribution in [0.25, 0.3) is 11.5 Å². The predicted octanol–water partition coefficient (Wildman–Crippen LogP) is 1.69. The van der Waals surface area contributed by atoms with Crippen LogP contribution < -0.4 is 0 Å². The van der Waals surface area contributed by atoms with Gasteiger partial charge in [-0.15, -0.1) is 11.3 Å². The molecule has 0 saturated carbocycles. The van der Waals surface area contributed by atoms with Crippen molar-refractivity contribution in [2.24, 2.45) is 0 Å². The molecule has 0 aliphatic rings. The normalized spacial score (nSPS) is 10.5. The molecule has 0 aliphatic carbocycles. The van der Waals surface area contributed by atoms with Crippen molar-refractivity contribution in [1.29, 1.82) is 5.26 Å². The summed E-state index contributed by atoms with van der Waals surface area (Å²) in [6, 6.07) is 1.98. The smallest absolute Gasteiger partial charge is 0.262 e. The van der Waals surface area contributed by atoms with Gasteiger partial charge in [0, 0.05) is 5.38 Å². The highest BCUT2D eigenvalue weighted by Crippen LogP contribution is 2.20. The molecule has 0 aliphatic heterocycles. The first kappa shape index (κ1) is 11.6. The first-order valence-electron chi connectivity index (χ1n) is 5.43.